The molecule has 56 valence electrons. The number of nitrogens with zero attached hydrogens (tertiary/aromatic N) is 4. The van der Waals surface area contributed by atoms with E-state index in [-0.39, 0.29) is 0 Å². The van der Waals surface area contributed by atoms with Crippen LogP contribution in [0.5, 0.6) is 0 Å². The Morgan fingerprint density at radius 3 is 2.80 bits per heavy atom. The summed E-state index contributed by atoms with van der Waals surface area (Å²) in [6.45, 7) is 1.91. The van der Waals surface area contributed by atoms with Gasteiger partial charge in [-0.25, -0.2) is 4.98 Å². The molecular formula is C6H12N4. The molecule has 0 atom stereocenters. The maximum absolute atomic E-state index is 3.97. The molecule has 0 fully saturated rings. The molecule has 0 radical (unpaired) electrons. The van der Waals surface area contributed by atoms with Crippen molar-refractivity contribution in [2.75, 3.05) is 20.6 Å². The third-order valence-corrected chi connectivity index (χ3v) is 1.24. The van der Waals surface area contributed by atoms with Gasteiger partial charge in [0.2, 0.25) is 0 Å². The molecule has 0 saturated carbocycles. The smallest absolute Gasteiger partial charge is 0.137 e. The quantitative estimate of drug-likeness (QED) is 0.585. The van der Waals surface area contributed by atoms with Gasteiger partial charge in [-0.2, -0.15) is 5.10 Å². The van der Waals surface area contributed by atoms with Gasteiger partial charge in [0.15, 0.2) is 0 Å². The summed E-state index contributed by atoms with van der Waals surface area (Å²) in [5.74, 6) is 0. The monoisotopic (exact) mass is 140 g/mol. The fraction of sp³-hybridized carbons (Fsp3) is 0.667. The van der Waals surface area contributed by atoms with Crippen LogP contribution in [0.25, 0.3) is 0 Å². The lowest BCUT2D eigenvalue weighted by atomic mass is 10.6. The van der Waals surface area contributed by atoms with Gasteiger partial charge in [-0.3, -0.25) is 4.68 Å². The lowest BCUT2D eigenvalue weighted by Crippen LogP contribution is -2.18. The Bertz CT molecular complexity index is 168. The Hall–Kier alpha value is -0.900. The van der Waals surface area contributed by atoms with Gasteiger partial charge < -0.3 is 4.90 Å². The van der Waals surface area contributed by atoms with Gasteiger partial charge in [-0.15, -0.1) is 0 Å². The molecule has 0 amide bonds. The first kappa shape index (κ1) is 7.21. The molecular weight excluding hydrogens is 128 g/mol. The van der Waals surface area contributed by atoms with Crippen LogP contribution < -0.4 is 0 Å². The van der Waals surface area contributed by atoms with Gasteiger partial charge in [0.05, 0.1) is 6.54 Å². The van der Waals surface area contributed by atoms with E-state index in [1.54, 1.807) is 12.7 Å². The summed E-state index contributed by atoms with van der Waals surface area (Å²) < 4.78 is 1.82. The van der Waals surface area contributed by atoms with Crippen LogP contribution in [0, 0.1) is 0 Å². The van der Waals surface area contributed by atoms with Crippen molar-refractivity contribution in [1.82, 2.24) is 19.7 Å². The fourth-order valence-corrected chi connectivity index (χ4v) is 0.651. The first-order chi connectivity index (χ1) is 4.79. The minimum atomic E-state index is 0.910. The van der Waals surface area contributed by atoms with Crippen molar-refractivity contribution < 1.29 is 0 Å². The Balaban J connectivity index is 2.28. The van der Waals surface area contributed by atoms with Gasteiger partial charge in [-0.1, -0.05) is 0 Å². The van der Waals surface area contributed by atoms with Gasteiger partial charge in [0, 0.05) is 6.54 Å². The predicted molar refractivity (Wildman–Crippen MR) is 38.6 cm³/mol. The van der Waals surface area contributed by atoms with Crippen LogP contribution in [0.2, 0.25) is 0 Å². The van der Waals surface area contributed by atoms with Crippen molar-refractivity contribution in [2.24, 2.45) is 0 Å². The van der Waals surface area contributed by atoms with E-state index in [4.69, 9.17) is 0 Å². The van der Waals surface area contributed by atoms with E-state index in [9.17, 15) is 0 Å². The lowest BCUT2D eigenvalue weighted by molar-refractivity contribution is 0.373. The fourth-order valence-electron chi connectivity index (χ4n) is 0.651. The molecule has 4 nitrogen and oxygen atoms in total. The van der Waals surface area contributed by atoms with Crippen molar-refractivity contribution in [3.63, 3.8) is 0 Å². The molecule has 0 aliphatic rings. The topological polar surface area (TPSA) is 34.0 Å². The molecule has 1 rings (SSSR count). The summed E-state index contributed by atoms with van der Waals surface area (Å²) in [5.41, 5.74) is 0. The Labute approximate surface area is 60.5 Å². The molecule has 0 aromatic carbocycles. The maximum Gasteiger partial charge on any atom is 0.137 e. The highest BCUT2D eigenvalue weighted by molar-refractivity contribution is 4.56. The maximum atomic E-state index is 3.97. The first-order valence-corrected chi connectivity index (χ1v) is 3.26. The zero-order chi connectivity index (χ0) is 7.40. The van der Waals surface area contributed by atoms with E-state index in [1.165, 1.54) is 0 Å². The molecule has 10 heavy (non-hydrogen) atoms. The average Bonchev–Trinajstić information content (AvgIpc) is 2.34. The van der Waals surface area contributed by atoms with E-state index < -0.39 is 0 Å². The van der Waals surface area contributed by atoms with Crippen LogP contribution in [0.4, 0.5) is 0 Å². The summed E-state index contributed by atoms with van der Waals surface area (Å²) >= 11 is 0. The normalized spacial score (nSPS) is 10.7. The molecule has 0 bridgehead atoms. The molecule has 0 unspecified atom stereocenters. The second-order valence-electron chi connectivity index (χ2n) is 2.46. The molecule has 1 heterocycles. The summed E-state index contributed by atoms with van der Waals surface area (Å²) in [6.07, 6.45) is 3.28. The van der Waals surface area contributed by atoms with Crippen molar-refractivity contribution in [1.29, 1.82) is 0 Å². The third-order valence-electron chi connectivity index (χ3n) is 1.24. The molecule has 4 heteroatoms. The van der Waals surface area contributed by atoms with Gasteiger partial charge in [0.1, 0.15) is 12.7 Å². The minimum Gasteiger partial charge on any atom is -0.308 e. The highest BCUT2D eigenvalue weighted by atomic mass is 15.3. The van der Waals surface area contributed by atoms with E-state index >= 15 is 0 Å². The Morgan fingerprint density at radius 2 is 2.30 bits per heavy atom. The molecule has 1 aromatic rings. The average molecular weight is 140 g/mol. The summed E-state index contributed by atoms with van der Waals surface area (Å²) in [5, 5.41) is 3.97. The zero-order valence-electron chi connectivity index (χ0n) is 6.36. The summed E-state index contributed by atoms with van der Waals surface area (Å²) in [7, 11) is 4.08. The Morgan fingerprint density at radius 1 is 1.50 bits per heavy atom. The number of rotatable bonds is 3. The second kappa shape index (κ2) is 3.31. The van der Waals surface area contributed by atoms with E-state index in [2.05, 4.69) is 15.0 Å². The number of likely N-dealkylation sites (N-methyl/N-ethyl adjacent to an activating group) is 1. The molecule has 0 aliphatic heterocycles. The van der Waals surface area contributed by atoms with Gasteiger partial charge in [-0.05, 0) is 14.1 Å². The molecule has 0 saturated heterocycles. The van der Waals surface area contributed by atoms with Gasteiger partial charge >= 0.3 is 0 Å². The largest absolute Gasteiger partial charge is 0.308 e. The number of hydrogen-bond donors (Lipinski definition) is 0. The van der Waals surface area contributed by atoms with E-state index in [0.717, 1.165) is 13.1 Å². The van der Waals surface area contributed by atoms with Gasteiger partial charge in [0.25, 0.3) is 0 Å². The molecule has 0 aliphatic carbocycles. The molecule has 1 aromatic heterocycles. The standard InChI is InChI=1S/C6H12N4/c1-9(2)3-4-10-6-7-5-8-10/h5-6H,3-4H2,1-2H3. The van der Waals surface area contributed by atoms with E-state index in [1.807, 2.05) is 18.8 Å². The predicted octanol–water partition coefficient (Wildman–Crippen LogP) is -0.160. The summed E-state index contributed by atoms with van der Waals surface area (Å²) in [6, 6.07) is 0. The highest BCUT2D eigenvalue weighted by Crippen LogP contribution is 1.81. The number of hydrogen-bond acceptors (Lipinski definition) is 3. The third kappa shape index (κ3) is 2.14. The van der Waals surface area contributed by atoms with Crippen LogP contribution in [0.1, 0.15) is 0 Å². The zero-order valence-corrected chi connectivity index (χ0v) is 6.36. The summed E-state index contributed by atoms with van der Waals surface area (Å²) in [4.78, 5) is 5.95. The SMILES string of the molecule is CN(C)CCn1cncn1. The van der Waals surface area contributed by atoms with Crippen LogP contribution in [0.15, 0.2) is 12.7 Å². The van der Waals surface area contributed by atoms with E-state index in [0.29, 0.717) is 0 Å². The van der Waals surface area contributed by atoms with Crippen LogP contribution >= 0.6 is 0 Å². The van der Waals surface area contributed by atoms with Crippen molar-refractivity contribution in [3.8, 4) is 0 Å². The van der Waals surface area contributed by atoms with Crippen LogP contribution in [-0.2, 0) is 6.54 Å². The first-order valence-electron chi connectivity index (χ1n) is 3.26. The lowest BCUT2D eigenvalue weighted by Gasteiger charge is -2.07. The molecule has 0 spiro atoms. The second-order valence-corrected chi connectivity index (χ2v) is 2.46. The van der Waals surface area contributed by atoms with Crippen molar-refractivity contribution in [2.45, 2.75) is 6.54 Å². The Kier molecular flexibility index (Phi) is 2.39. The van der Waals surface area contributed by atoms with Crippen LogP contribution in [-0.4, -0.2) is 40.3 Å². The molecule has 0 N–H and O–H groups in total. The number of aromatic nitrogens is 3. The van der Waals surface area contributed by atoms with Crippen LogP contribution in [0.3, 0.4) is 0 Å². The highest BCUT2D eigenvalue weighted by Gasteiger charge is 1.91. The van der Waals surface area contributed by atoms with Crippen molar-refractivity contribution >= 4 is 0 Å². The van der Waals surface area contributed by atoms with Crippen molar-refractivity contribution in [3.05, 3.63) is 12.7 Å². The minimum absolute atomic E-state index is 0.910.